The third-order valence-electron chi connectivity index (χ3n) is 6.00. The summed E-state index contributed by atoms with van der Waals surface area (Å²) in [6, 6.07) is 22.9. The zero-order valence-electron chi connectivity index (χ0n) is 20.2. The Morgan fingerprint density at radius 3 is 2.36 bits per heavy atom. The van der Waals surface area contributed by atoms with E-state index in [1.165, 1.54) is 16.3 Å². The lowest BCUT2D eigenvalue weighted by Gasteiger charge is -2.34. The average Bonchev–Trinajstić information content (AvgIpc) is 2.90. The van der Waals surface area contributed by atoms with Crippen LogP contribution in [0.25, 0.3) is 0 Å². The second-order valence-electron chi connectivity index (χ2n) is 8.49. The van der Waals surface area contributed by atoms with Gasteiger partial charge in [0, 0.05) is 6.54 Å². The van der Waals surface area contributed by atoms with Gasteiger partial charge in [-0.1, -0.05) is 60.2 Å². The number of carbonyl (C=O) groups is 2. The molecule has 9 heteroatoms. The Labute approximate surface area is 211 Å². The summed E-state index contributed by atoms with van der Waals surface area (Å²) in [5, 5.41) is 0. The number of sulfonamides is 1. The summed E-state index contributed by atoms with van der Waals surface area (Å²) in [5.41, 5.74) is 2.36. The molecule has 3 aromatic rings. The van der Waals surface area contributed by atoms with Gasteiger partial charge in [0.25, 0.3) is 0 Å². The molecule has 4 rings (SSSR count). The number of nitrogens with zero attached hydrogens (tertiary/aromatic N) is 2. The summed E-state index contributed by atoms with van der Waals surface area (Å²) >= 11 is 0. The molecule has 0 aliphatic carbocycles. The van der Waals surface area contributed by atoms with Gasteiger partial charge in [0.2, 0.25) is 22.0 Å². The van der Waals surface area contributed by atoms with E-state index in [1.807, 2.05) is 37.3 Å². The van der Waals surface area contributed by atoms with E-state index in [0.29, 0.717) is 17.9 Å². The van der Waals surface area contributed by atoms with Gasteiger partial charge >= 0.3 is 5.97 Å². The molecular weight excluding hydrogens is 480 g/mol. The molecule has 0 spiro atoms. The van der Waals surface area contributed by atoms with Crippen molar-refractivity contribution >= 4 is 27.6 Å². The first-order chi connectivity index (χ1) is 17.3. The molecule has 0 fully saturated rings. The summed E-state index contributed by atoms with van der Waals surface area (Å²) < 4.78 is 38.9. The quantitative estimate of drug-likeness (QED) is 0.434. The number of ether oxygens (including phenoxy) is 2. The number of benzene rings is 3. The Morgan fingerprint density at radius 1 is 1.00 bits per heavy atom. The first-order valence-electron chi connectivity index (χ1n) is 11.5. The van der Waals surface area contributed by atoms with Crippen LogP contribution in [0.3, 0.4) is 0 Å². The number of carbonyl (C=O) groups excluding carboxylic acids is 2. The van der Waals surface area contributed by atoms with Crippen LogP contribution in [0.15, 0.2) is 83.8 Å². The van der Waals surface area contributed by atoms with Crippen LogP contribution < -0.4 is 9.64 Å². The highest BCUT2D eigenvalue weighted by Crippen LogP contribution is 2.33. The van der Waals surface area contributed by atoms with Crippen LogP contribution in [0.5, 0.6) is 5.75 Å². The molecule has 1 heterocycles. The molecule has 0 saturated heterocycles. The zero-order valence-corrected chi connectivity index (χ0v) is 21.0. The van der Waals surface area contributed by atoms with Crippen molar-refractivity contribution < 1.29 is 27.5 Å². The van der Waals surface area contributed by atoms with E-state index < -0.39 is 34.5 Å². The first kappa shape index (κ1) is 25.4. The van der Waals surface area contributed by atoms with Crippen molar-refractivity contribution in [3.63, 3.8) is 0 Å². The molecule has 3 aromatic carbocycles. The van der Waals surface area contributed by atoms with Crippen LogP contribution in [0.1, 0.15) is 11.1 Å². The Bertz CT molecular complexity index is 1330. The number of para-hydroxylation sites is 2. The normalized spacial score (nSPS) is 15.2. The number of esters is 1. The second kappa shape index (κ2) is 10.9. The molecule has 0 N–H and O–H groups in total. The first-order valence-corrected chi connectivity index (χ1v) is 13.0. The van der Waals surface area contributed by atoms with E-state index in [2.05, 4.69) is 0 Å². The summed E-state index contributed by atoms with van der Waals surface area (Å²) in [6.07, 6.45) is -0.579. The number of amides is 1. The maximum absolute atomic E-state index is 13.6. The van der Waals surface area contributed by atoms with Gasteiger partial charge in [-0.15, -0.1) is 0 Å². The van der Waals surface area contributed by atoms with E-state index in [9.17, 15) is 18.0 Å². The van der Waals surface area contributed by atoms with Gasteiger partial charge in [0.05, 0.1) is 30.8 Å². The smallest absolute Gasteiger partial charge is 0.348 e. The third kappa shape index (κ3) is 5.58. The molecular formula is C27H28N2O6S. The molecule has 8 nitrogen and oxygen atoms in total. The second-order valence-corrected chi connectivity index (χ2v) is 10.4. The van der Waals surface area contributed by atoms with E-state index in [1.54, 1.807) is 48.5 Å². The standard InChI is InChI=1S/C27H28N2O6S/c1-20-12-14-22(15-13-20)36(32,33)28(17-16-21-8-4-3-5-9-21)19-26(30)29-18-25(27(31)34-2)35-24-11-7-6-10-23(24)29/h3-15,25H,16-19H2,1-2H3. The van der Waals surface area contributed by atoms with Crippen molar-refractivity contribution in [2.45, 2.75) is 24.3 Å². The minimum Gasteiger partial charge on any atom is -0.475 e. The molecule has 36 heavy (non-hydrogen) atoms. The highest BCUT2D eigenvalue weighted by atomic mass is 32.2. The Balaban J connectivity index is 1.63. The molecule has 0 bridgehead atoms. The number of methoxy groups -OCH3 is 1. The van der Waals surface area contributed by atoms with Crippen LogP contribution in [-0.4, -0.2) is 57.4 Å². The fraction of sp³-hybridized carbons (Fsp3) is 0.259. The minimum absolute atomic E-state index is 0.0837. The number of anilines is 1. The maximum Gasteiger partial charge on any atom is 0.348 e. The number of rotatable bonds is 8. The van der Waals surface area contributed by atoms with Gasteiger partial charge in [0.15, 0.2) is 0 Å². The fourth-order valence-corrected chi connectivity index (χ4v) is 5.39. The van der Waals surface area contributed by atoms with Gasteiger partial charge in [-0.2, -0.15) is 4.31 Å². The van der Waals surface area contributed by atoms with E-state index in [4.69, 9.17) is 9.47 Å². The molecule has 0 radical (unpaired) electrons. The molecule has 1 atom stereocenters. The number of hydrogen-bond donors (Lipinski definition) is 0. The largest absolute Gasteiger partial charge is 0.475 e. The van der Waals surface area contributed by atoms with Gasteiger partial charge in [-0.05, 0) is 43.2 Å². The highest BCUT2D eigenvalue weighted by molar-refractivity contribution is 7.89. The van der Waals surface area contributed by atoms with Crippen molar-refractivity contribution in [3.8, 4) is 5.75 Å². The predicted molar refractivity (Wildman–Crippen MR) is 135 cm³/mol. The van der Waals surface area contributed by atoms with Crippen LogP contribution >= 0.6 is 0 Å². The average molecular weight is 509 g/mol. The molecule has 1 unspecified atom stereocenters. The number of hydrogen-bond acceptors (Lipinski definition) is 6. The van der Waals surface area contributed by atoms with Crippen LogP contribution in [0.4, 0.5) is 5.69 Å². The zero-order chi connectivity index (χ0) is 25.7. The van der Waals surface area contributed by atoms with Gasteiger partial charge in [-0.25, -0.2) is 13.2 Å². The molecule has 188 valence electrons. The summed E-state index contributed by atoms with van der Waals surface area (Å²) in [6.45, 7) is 1.50. The van der Waals surface area contributed by atoms with Crippen LogP contribution in [0, 0.1) is 6.92 Å². The van der Waals surface area contributed by atoms with Crippen molar-refractivity contribution in [1.82, 2.24) is 4.31 Å². The van der Waals surface area contributed by atoms with Crippen molar-refractivity contribution in [1.29, 1.82) is 0 Å². The van der Waals surface area contributed by atoms with Crippen LogP contribution in [-0.2, 0) is 30.8 Å². The Hall–Kier alpha value is -3.69. The van der Waals surface area contributed by atoms with E-state index in [0.717, 1.165) is 11.1 Å². The van der Waals surface area contributed by atoms with Gasteiger partial charge < -0.3 is 14.4 Å². The van der Waals surface area contributed by atoms with Gasteiger partial charge in [0.1, 0.15) is 5.75 Å². The van der Waals surface area contributed by atoms with E-state index in [-0.39, 0.29) is 18.0 Å². The lowest BCUT2D eigenvalue weighted by Crippen LogP contribution is -2.51. The summed E-state index contributed by atoms with van der Waals surface area (Å²) in [5.74, 6) is -0.733. The monoisotopic (exact) mass is 508 g/mol. The van der Waals surface area contributed by atoms with Gasteiger partial charge in [-0.3, -0.25) is 4.79 Å². The molecule has 1 amide bonds. The molecule has 0 aromatic heterocycles. The lowest BCUT2D eigenvalue weighted by atomic mass is 10.1. The Morgan fingerprint density at radius 2 is 1.67 bits per heavy atom. The topological polar surface area (TPSA) is 93.2 Å². The third-order valence-corrected chi connectivity index (χ3v) is 7.86. The molecule has 1 aliphatic rings. The Kier molecular flexibility index (Phi) is 7.71. The molecule has 0 saturated carbocycles. The number of fused-ring (bicyclic) bond motifs is 1. The van der Waals surface area contributed by atoms with E-state index >= 15 is 0 Å². The minimum atomic E-state index is -3.97. The van der Waals surface area contributed by atoms with Crippen molar-refractivity contribution in [3.05, 3.63) is 90.0 Å². The fourth-order valence-electron chi connectivity index (χ4n) is 4.00. The molecule has 1 aliphatic heterocycles. The lowest BCUT2D eigenvalue weighted by molar-refractivity contribution is -0.148. The SMILES string of the molecule is COC(=O)C1CN(C(=O)CN(CCc2ccccc2)S(=O)(=O)c2ccc(C)cc2)c2ccccc2O1. The van der Waals surface area contributed by atoms with Crippen molar-refractivity contribution in [2.75, 3.05) is 31.6 Å². The predicted octanol–water partition coefficient (Wildman–Crippen LogP) is 3.20. The van der Waals surface area contributed by atoms with Crippen molar-refractivity contribution in [2.24, 2.45) is 0 Å². The summed E-state index contributed by atoms with van der Waals surface area (Å²) in [4.78, 5) is 27.3. The number of aryl methyl sites for hydroxylation is 1. The summed E-state index contributed by atoms with van der Waals surface area (Å²) in [7, 11) is -2.72. The van der Waals surface area contributed by atoms with Crippen LogP contribution in [0.2, 0.25) is 0 Å². The highest BCUT2D eigenvalue weighted by Gasteiger charge is 2.36. The maximum atomic E-state index is 13.6.